The zero-order valence-electron chi connectivity index (χ0n) is 9.16. The van der Waals surface area contributed by atoms with E-state index in [1.165, 1.54) is 10.9 Å². The van der Waals surface area contributed by atoms with Crippen LogP contribution in [0.3, 0.4) is 0 Å². The van der Waals surface area contributed by atoms with Crippen LogP contribution < -0.4 is 10.5 Å². The van der Waals surface area contributed by atoms with Crippen molar-refractivity contribution in [1.29, 1.82) is 0 Å². The third-order valence-corrected chi connectivity index (χ3v) is 2.72. The Morgan fingerprint density at radius 3 is 2.80 bits per heavy atom. The molecule has 0 radical (unpaired) electrons. The molecule has 0 unspecified atom stereocenters. The molecule has 0 fully saturated rings. The molecule has 0 saturated carbocycles. The van der Waals surface area contributed by atoms with E-state index in [2.05, 4.69) is 23.8 Å². The molecule has 0 amide bonds. The fourth-order valence-electron chi connectivity index (χ4n) is 1.98. The Kier molecular flexibility index (Phi) is 2.64. The standard InChI is InChI=1S/C12H16N2O/c1-3-14-8-9(7-13)10-5-4-6-11(15-2)12(10)14/h4-6,8H,3,7,13H2,1-2H3. The summed E-state index contributed by atoms with van der Waals surface area (Å²) < 4.78 is 7.54. The van der Waals surface area contributed by atoms with E-state index in [0.29, 0.717) is 6.54 Å². The van der Waals surface area contributed by atoms with Gasteiger partial charge in [0.25, 0.3) is 0 Å². The van der Waals surface area contributed by atoms with Crippen molar-refractivity contribution in [3.63, 3.8) is 0 Å². The second-order valence-corrected chi connectivity index (χ2v) is 3.50. The van der Waals surface area contributed by atoms with Gasteiger partial charge in [0, 0.05) is 24.7 Å². The van der Waals surface area contributed by atoms with E-state index < -0.39 is 0 Å². The first kappa shape index (κ1) is 10.1. The molecule has 2 aromatic rings. The summed E-state index contributed by atoms with van der Waals surface area (Å²) in [5.41, 5.74) is 8.03. The zero-order chi connectivity index (χ0) is 10.8. The predicted molar refractivity (Wildman–Crippen MR) is 62.1 cm³/mol. The average Bonchev–Trinajstić information content (AvgIpc) is 2.66. The number of rotatable bonds is 3. The van der Waals surface area contributed by atoms with Gasteiger partial charge in [-0.15, -0.1) is 0 Å². The van der Waals surface area contributed by atoms with Crippen LogP contribution in [0.2, 0.25) is 0 Å². The highest BCUT2D eigenvalue weighted by atomic mass is 16.5. The van der Waals surface area contributed by atoms with Crippen molar-refractivity contribution in [2.45, 2.75) is 20.0 Å². The van der Waals surface area contributed by atoms with Crippen LogP contribution in [0.5, 0.6) is 5.75 Å². The number of hydrogen-bond donors (Lipinski definition) is 1. The van der Waals surface area contributed by atoms with E-state index in [1.54, 1.807) is 7.11 Å². The van der Waals surface area contributed by atoms with Gasteiger partial charge in [-0.3, -0.25) is 0 Å². The van der Waals surface area contributed by atoms with Crippen molar-refractivity contribution in [2.75, 3.05) is 7.11 Å². The molecule has 0 aliphatic carbocycles. The number of benzene rings is 1. The molecule has 1 aromatic carbocycles. The largest absolute Gasteiger partial charge is 0.495 e. The van der Waals surface area contributed by atoms with Gasteiger partial charge in [0.1, 0.15) is 5.75 Å². The first-order valence-corrected chi connectivity index (χ1v) is 5.16. The molecule has 0 atom stereocenters. The lowest BCUT2D eigenvalue weighted by Gasteiger charge is -2.05. The summed E-state index contributed by atoms with van der Waals surface area (Å²) in [5, 5.41) is 1.19. The van der Waals surface area contributed by atoms with Gasteiger partial charge in [0.15, 0.2) is 0 Å². The van der Waals surface area contributed by atoms with Crippen molar-refractivity contribution < 1.29 is 4.74 Å². The van der Waals surface area contributed by atoms with Gasteiger partial charge in [-0.25, -0.2) is 0 Å². The number of aromatic nitrogens is 1. The van der Waals surface area contributed by atoms with Gasteiger partial charge in [0.05, 0.1) is 12.6 Å². The summed E-state index contributed by atoms with van der Waals surface area (Å²) in [5.74, 6) is 0.911. The van der Waals surface area contributed by atoms with Crippen molar-refractivity contribution in [3.05, 3.63) is 30.0 Å². The topological polar surface area (TPSA) is 40.2 Å². The van der Waals surface area contributed by atoms with Gasteiger partial charge in [-0.05, 0) is 18.6 Å². The smallest absolute Gasteiger partial charge is 0.143 e. The van der Waals surface area contributed by atoms with Gasteiger partial charge in [0.2, 0.25) is 0 Å². The van der Waals surface area contributed by atoms with Crippen LogP contribution >= 0.6 is 0 Å². The lowest BCUT2D eigenvalue weighted by atomic mass is 10.1. The number of methoxy groups -OCH3 is 1. The van der Waals surface area contributed by atoms with Crippen LogP contribution in [0.1, 0.15) is 12.5 Å². The molecule has 3 nitrogen and oxygen atoms in total. The molecule has 0 aliphatic heterocycles. The molecule has 80 valence electrons. The number of ether oxygens (including phenoxy) is 1. The highest BCUT2D eigenvalue weighted by Gasteiger charge is 2.10. The normalized spacial score (nSPS) is 10.9. The van der Waals surface area contributed by atoms with E-state index in [-0.39, 0.29) is 0 Å². The van der Waals surface area contributed by atoms with E-state index in [9.17, 15) is 0 Å². The van der Waals surface area contributed by atoms with E-state index >= 15 is 0 Å². The number of aryl methyl sites for hydroxylation is 1. The Morgan fingerprint density at radius 2 is 2.20 bits per heavy atom. The highest BCUT2D eigenvalue weighted by molar-refractivity contribution is 5.89. The second-order valence-electron chi connectivity index (χ2n) is 3.50. The van der Waals surface area contributed by atoms with Crippen molar-refractivity contribution >= 4 is 10.9 Å². The molecule has 15 heavy (non-hydrogen) atoms. The molecule has 3 heteroatoms. The molecular formula is C12H16N2O. The number of hydrogen-bond acceptors (Lipinski definition) is 2. The third-order valence-electron chi connectivity index (χ3n) is 2.72. The summed E-state index contributed by atoms with van der Waals surface area (Å²) in [6.45, 7) is 3.61. The third kappa shape index (κ3) is 1.49. The summed E-state index contributed by atoms with van der Waals surface area (Å²) >= 11 is 0. The van der Waals surface area contributed by atoms with E-state index in [0.717, 1.165) is 17.8 Å². The van der Waals surface area contributed by atoms with Gasteiger partial charge >= 0.3 is 0 Å². The molecule has 1 heterocycles. The summed E-state index contributed by atoms with van der Waals surface area (Å²) in [6.07, 6.45) is 2.10. The Labute approximate surface area is 89.4 Å². The number of para-hydroxylation sites is 1. The zero-order valence-corrected chi connectivity index (χ0v) is 9.16. The van der Waals surface area contributed by atoms with Crippen molar-refractivity contribution in [2.24, 2.45) is 5.73 Å². The minimum atomic E-state index is 0.566. The second kappa shape index (κ2) is 3.95. The van der Waals surface area contributed by atoms with Crippen LogP contribution in [0.15, 0.2) is 24.4 Å². The maximum Gasteiger partial charge on any atom is 0.143 e. The van der Waals surface area contributed by atoms with Crippen molar-refractivity contribution in [3.8, 4) is 5.75 Å². The minimum absolute atomic E-state index is 0.566. The summed E-state index contributed by atoms with van der Waals surface area (Å²) in [7, 11) is 1.70. The molecule has 2 rings (SSSR count). The van der Waals surface area contributed by atoms with Crippen LogP contribution in [0.25, 0.3) is 10.9 Å². The van der Waals surface area contributed by atoms with E-state index in [4.69, 9.17) is 10.5 Å². The number of nitrogens with zero attached hydrogens (tertiary/aromatic N) is 1. The minimum Gasteiger partial charge on any atom is -0.495 e. The first-order chi connectivity index (χ1) is 7.31. The van der Waals surface area contributed by atoms with Crippen molar-refractivity contribution in [1.82, 2.24) is 4.57 Å². The monoisotopic (exact) mass is 204 g/mol. The Hall–Kier alpha value is -1.48. The van der Waals surface area contributed by atoms with Crippen LogP contribution in [0.4, 0.5) is 0 Å². The maximum absolute atomic E-state index is 5.72. The Balaban J connectivity index is 2.78. The molecule has 2 N–H and O–H groups in total. The van der Waals surface area contributed by atoms with Crippen LogP contribution in [0, 0.1) is 0 Å². The van der Waals surface area contributed by atoms with Crippen LogP contribution in [-0.4, -0.2) is 11.7 Å². The lowest BCUT2D eigenvalue weighted by Crippen LogP contribution is -1.95. The van der Waals surface area contributed by atoms with Gasteiger partial charge in [-0.1, -0.05) is 12.1 Å². The lowest BCUT2D eigenvalue weighted by molar-refractivity contribution is 0.417. The van der Waals surface area contributed by atoms with Gasteiger partial charge < -0.3 is 15.0 Å². The molecule has 0 bridgehead atoms. The molecule has 0 aliphatic rings. The Morgan fingerprint density at radius 1 is 1.40 bits per heavy atom. The molecule has 0 saturated heterocycles. The maximum atomic E-state index is 5.72. The summed E-state index contributed by atoms with van der Waals surface area (Å²) in [6, 6.07) is 6.07. The molecule has 1 aromatic heterocycles. The first-order valence-electron chi connectivity index (χ1n) is 5.16. The molecular weight excluding hydrogens is 188 g/mol. The predicted octanol–water partition coefficient (Wildman–Crippen LogP) is 2.13. The van der Waals surface area contributed by atoms with Crippen LogP contribution in [-0.2, 0) is 13.1 Å². The average molecular weight is 204 g/mol. The quantitative estimate of drug-likeness (QED) is 0.832. The number of fused-ring (bicyclic) bond motifs is 1. The SMILES string of the molecule is CCn1cc(CN)c2cccc(OC)c21. The molecule has 0 spiro atoms. The van der Waals surface area contributed by atoms with E-state index in [1.807, 2.05) is 12.1 Å². The fraction of sp³-hybridized carbons (Fsp3) is 0.333. The van der Waals surface area contributed by atoms with Gasteiger partial charge in [-0.2, -0.15) is 0 Å². The number of nitrogens with two attached hydrogens (primary N) is 1. The fourth-order valence-corrected chi connectivity index (χ4v) is 1.98. The highest BCUT2D eigenvalue weighted by Crippen LogP contribution is 2.29. The Bertz CT molecular complexity index is 474. The summed E-state index contributed by atoms with van der Waals surface area (Å²) in [4.78, 5) is 0.